The van der Waals surface area contributed by atoms with Crippen molar-refractivity contribution in [2.75, 3.05) is 24.1 Å². The van der Waals surface area contributed by atoms with E-state index >= 15 is 0 Å². The van der Waals surface area contributed by atoms with E-state index in [1.807, 2.05) is 31.6 Å². The normalized spacial score (nSPS) is 14.4. The molecule has 1 saturated heterocycles. The Morgan fingerprint density at radius 2 is 1.71 bits per heavy atom. The number of benzene rings is 2. The summed E-state index contributed by atoms with van der Waals surface area (Å²) in [7, 11) is 0. The number of halogens is 1. The highest BCUT2D eigenvalue weighted by atomic mass is 19.1. The molecule has 0 bridgehead atoms. The second-order valence-corrected chi connectivity index (χ2v) is 11.7. The molecule has 4 N–H and O–H groups in total. The van der Waals surface area contributed by atoms with Crippen molar-refractivity contribution in [2.24, 2.45) is 0 Å². The smallest absolute Gasteiger partial charge is 0.410 e. The number of carbonyl (C=O) groups excluding carboxylic acids is 3. The van der Waals surface area contributed by atoms with E-state index < -0.39 is 29.3 Å². The first-order chi connectivity index (χ1) is 21.5. The number of hydrogen-bond acceptors (Lipinski definition) is 8. The Morgan fingerprint density at radius 3 is 2.38 bits per heavy atom. The molecule has 1 aliphatic rings. The third-order valence-electron chi connectivity index (χ3n) is 7.19. The van der Waals surface area contributed by atoms with Gasteiger partial charge >= 0.3 is 6.09 Å². The summed E-state index contributed by atoms with van der Waals surface area (Å²) >= 11 is 0. The van der Waals surface area contributed by atoms with E-state index in [0.29, 0.717) is 48.4 Å². The molecule has 4 aromatic rings. The monoisotopic (exact) mass is 614 g/mol. The van der Waals surface area contributed by atoms with Gasteiger partial charge in [0, 0.05) is 30.5 Å². The fraction of sp³-hybridized carbons (Fsp3) is 0.312. The van der Waals surface area contributed by atoms with Crippen LogP contribution in [0.25, 0.3) is 11.3 Å². The Bertz CT molecular complexity index is 1660. The molecule has 1 aliphatic heterocycles. The van der Waals surface area contributed by atoms with Crippen LogP contribution in [0.15, 0.2) is 73.2 Å². The summed E-state index contributed by atoms with van der Waals surface area (Å²) in [6.45, 7) is 6.60. The molecule has 0 unspecified atom stereocenters. The number of likely N-dealkylation sites (tertiary alicyclic amines) is 1. The predicted molar refractivity (Wildman–Crippen MR) is 165 cm³/mol. The first-order valence-corrected chi connectivity index (χ1v) is 14.5. The highest BCUT2D eigenvalue weighted by Gasteiger charge is 2.29. The van der Waals surface area contributed by atoms with Crippen molar-refractivity contribution in [2.45, 2.75) is 51.3 Å². The number of hydrogen-bond donors (Lipinski definition) is 3. The molecule has 0 saturated carbocycles. The second kappa shape index (κ2) is 13.1. The molecule has 1 fully saturated rings. The molecule has 5 rings (SSSR count). The van der Waals surface area contributed by atoms with Gasteiger partial charge in [0.2, 0.25) is 0 Å². The van der Waals surface area contributed by atoms with Crippen molar-refractivity contribution in [1.29, 1.82) is 0 Å². The highest BCUT2D eigenvalue weighted by molar-refractivity contribution is 6.02. The Morgan fingerprint density at radius 1 is 1.02 bits per heavy atom. The number of carbonyl (C=O) groups is 3. The number of anilines is 2. The lowest BCUT2D eigenvalue weighted by Gasteiger charge is -2.33. The van der Waals surface area contributed by atoms with E-state index in [-0.39, 0.29) is 23.6 Å². The highest BCUT2D eigenvalue weighted by Crippen LogP contribution is 2.26. The molecule has 1 atom stereocenters. The van der Waals surface area contributed by atoms with Crippen molar-refractivity contribution >= 4 is 29.4 Å². The van der Waals surface area contributed by atoms with Gasteiger partial charge in [0.1, 0.15) is 17.5 Å². The number of nitrogens with zero attached hydrogens (tertiary/aromatic N) is 5. The third kappa shape index (κ3) is 7.80. The summed E-state index contributed by atoms with van der Waals surface area (Å²) in [6, 6.07) is 12.9. The van der Waals surface area contributed by atoms with Crippen LogP contribution in [0.5, 0.6) is 0 Å². The van der Waals surface area contributed by atoms with E-state index in [9.17, 15) is 18.8 Å². The van der Waals surface area contributed by atoms with E-state index in [1.165, 1.54) is 30.5 Å². The van der Waals surface area contributed by atoms with E-state index in [1.54, 1.807) is 41.4 Å². The summed E-state index contributed by atoms with van der Waals surface area (Å²) in [5.41, 5.74) is 7.24. The van der Waals surface area contributed by atoms with Crippen molar-refractivity contribution in [3.8, 4) is 11.3 Å². The zero-order valence-electron chi connectivity index (χ0n) is 25.2. The molecule has 0 aliphatic carbocycles. The Kier molecular flexibility index (Phi) is 9.07. The Labute approximate surface area is 259 Å². The lowest BCUT2D eigenvalue weighted by molar-refractivity contribution is -0.118. The minimum absolute atomic E-state index is 0.0631. The lowest BCUT2D eigenvalue weighted by atomic mass is 10.1. The average Bonchev–Trinajstić information content (AvgIpc) is 3.51. The molecular weight excluding hydrogens is 579 g/mol. The van der Waals surface area contributed by atoms with Crippen molar-refractivity contribution in [3.63, 3.8) is 0 Å². The number of nitrogens with one attached hydrogen (secondary N) is 2. The number of piperidine rings is 1. The van der Waals surface area contributed by atoms with Crippen molar-refractivity contribution < 1.29 is 23.5 Å². The van der Waals surface area contributed by atoms with Crippen LogP contribution < -0.4 is 16.4 Å². The number of rotatable bonds is 7. The molecule has 0 spiro atoms. The third-order valence-corrected chi connectivity index (χ3v) is 7.19. The minimum Gasteiger partial charge on any atom is -0.444 e. The lowest BCUT2D eigenvalue weighted by Crippen LogP contribution is -2.42. The fourth-order valence-electron chi connectivity index (χ4n) is 4.91. The summed E-state index contributed by atoms with van der Waals surface area (Å²) in [6.07, 6.45) is 5.97. The summed E-state index contributed by atoms with van der Waals surface area (Å²) in [5.74, 6) is -1.79. The predicted octanol–water partition coefficient (Wildman–Crippen LogP) is 4.74. The minimum atomic E-state index is -1.11. The topological polar surface area (TPSA) is 157 Å². The van der Waals surface area contributed by atoms with Gasteiger partial charge in [-0.15, -0.1) is 0 Å². The van der Waals surface area contributed by atoms with Gasteiger partial charge in [0.05, 0.1) is 24.1 Å². The Hall–Kier alpha value is -5.33. The van der Waals surface area contributed by atoms with Gasteiger partial charge < -0.3 is 26.0 Å². The zero-order chi connectivity index (χ0) is 32.1. The maximum atomic E-state index is 13.5. The molecule has 2 aromatic heterocycles. The van der Waals surface area contributed by atoms with Gasteiger partial charge in [0.25, 0.3) is 11.8 Å². The molecule has 0 radical (unpaired) electrons. The van der Waals surface area contributed by atoms with Crippen LogP contribution in [0.2, 0.25) is 0 Å². The summed E-state index contributed by atoms with van der Waals surface area (Å²) in [5, 5.41) is 9.92. The van der Waals surface area contributed by atoms with Gasteiger partial charge in [-0.3, -0.25) is 14.3 Å². The van der Waals surface area contributed by atoms with Gasteiger partial charge in [-0.05, 0) is 63.4 Å². The zero-order valence-corrected chi connectivity index (χ0v) is 25.2. The van der Waals surface area contributed by atoms with Crippen LogP contribution in [-0.2, 0) is 9.53 Å². The van der Waals surface area contributed by atoms with Gasteiger partial charge in [-0.1, -0.05) is 30.3 Å². The summed E-state index contributed by atoms with van der Waals surface area (Å²) in [4.78, 5) is 49.5. The molecule has 3 amide bonds. The van der Waals surface area contributed by atoms with Crippen molar-refractivity contribution in [3.05, 3.63) is 90.3 Å². The number of nitrogen functional groups attached to an aromatic ring is 1. The molecule has 2 aromatic carbocycles. The molecule has 234 valence electrons. The second-order valence-electron chi connectivity index (χ2n) is 11.7. The van der Waals surface area contributed by atoms with E-state index in [2.05, 4.69) is 25.7 Å². The van der Waals surface area contributed by atoms with Crippen LogP contribution in [0.4, 0.5) is 20.7 Å². The molecule has 3 heterocycles. The fourth-order valence-corrected chi connectivity index (χ4v) is 4.91. The van der Waals surface area contributed by atoms with Crippen molar-refractivity contribution in [1.82, 2.24) is 30.0 Å². The van der Waals surface area contributed by atoms with Crippen LogP contribution >= 0.6 is 0 Å². The maximum Gasteiger partial charge on any atom is 0.410 e. The largest absolute Gasteiger partial charge is 0.444 e. The standard InChI is InChI=1S/C32H35FN8O4/c1-32(2,3)45-31(44)40-15-13-24(14-16-40)41-19-21(17-36-41)25-18-35-28(34)27(38-25)30(43)39-26(20-7-5-4-6-8-20)29(42)37-23-11-9-22(33)10-12-23/h4-12,17-19,24,26H,13-16H2,1-3H3,(H2,34,35)(H,37,42)(H,39,43)/t26-/m1/s1. The molecule has 13 heteroatoms. The number of aromatic nitrogens is 4. The van der Waals surface area contributed by atoms with Crippen LogP contribution in [0.3, 0.4) is 0 Å². The van der Waals surface area contributed by atoms with Gasteiger partial charge in [-0.25, -0.2) is 19.2 Å². The molecule has 12 nitrogen and oxygen atoms in total. The number of ether oxygens (including phenoxy) is 1. The van der Waals surface area contributed by atoms with Crippen LogP contribution in [-0.4, -0.2) is 61.2 Å². The van der Waals surface area contributed by atoms with E-state index in [0.717, 1.165) is 0 Å². The van der Waals surface area contributed by atoms with Crippen LogP contribution in [0, 0.1) is 5.82 Å². The SMILES string of the molecule is CC(C)(C)OC(=O)N1CCC(n2cc(-c3cnc(N)c(C(=O)N[C@@H](C(=O)Nc4ccc(F)cc4)c4ccccc4)n3)cn2)CC1. The van der Waals surface area contributed by atoms with Gasteiger partial charge in [-0.2, -0.15) is 5.10 Å². The Balaban J connectivity index is 1.29. The average molecular weight is 615 g/mol. The quantitative estimate of drug-likeness (QED) is 0.269. The first-order valence-electron chi connectivity index (χ1n) is 14.5. The number of nitrogens with two attached hydrogens (primary N) is 1. The molecular formula is C32H35FN8O4. The van der Waals surface area contributed by atoms with Crippen LogP contribution in [0.1, 0.15) is 61.7 Å². The van der Waals surface area contributed by atoms with E-state index in [4.69, 9.17) is 10.5 Å². The van der Waals surface area contributed by atoms with Gasteiger partial charge in [0.15, 0.2) is 11.5 Å². The first kappa shape index (κ1) is 31.1. The number of amides is 3. The molecule has 45 heavy (non-hydrogen) atoms. The summed E-state index contributed by atoms with van der Waals surface area (Å²) < 4.78 is 20.7. The maximum absolute atomic E-state index is 13.5.